The van der Waals surface area contributed by atoms with Crippen LogP contribution in [0.25, 0.3) is 0 Å². The minimum atomic E-state index is -3.03. The summed E-state index contributed by atoms with van der Waals surface area (Å²) in [5.74, 6) is 2.17. The van der Waals surface area contributed by atoms with E-state index in [0.29, 0.717) is 18.2 Å². The summed E-state index contributed by atoms with van der Waals surface area (Å²) in [5.41, 5.74) is 5.92. The third-order valence-electron chi connectivity index (χ3n) is 3.88. The second-order valence-corrected chi connectivity index (χ2v) is 8.33. The van der Waals surface area contributed by atoms with Gasteiger partial charge in [0.2, 0.25) is 0 Å². The quantitative estimate of drug-likeness (QED) is 0.797. The molecule has 2 atom stereocenters. The summed E-state index contributed by atoms with van der Waals surface area (Å²) < 4.78 is 23.8. The predicted octanol–water partition coefficient (Wildman–Crippen LogP) is 1.17. The summed E-state index contributed by atoms with van der Waals surface area (Å²) in [6.45, 7) is 5.69. The third-order valence-corrected chi connectivity index (χ3v) is 6.54. The van der Waals surface area contributed by atoms with Crippen molar-refractivity contribution in [3.8, 4) is 0 Å². The molecule has 0 spiro atoms. The molecule has 0 amide bonds. The molecule has 1 fully saturated rings. The summed E-state index contributed by atoms with van der Waals surface area (Å²) >= 11 is 1.73. The topological polar surface area (TPSA) is 63.4 Å². The Balaban J connectivity index is 2.93. The molecule has 1 rings (SSSR count). The highest BCUT2D eigenvalue weighted by Gasteiger charge is 2.37. The molecule has 1 heterocycles. The number of hydrogen-bond acceptors (Lipinski definition) is 5. The average molecular weight is 294 g/mol. The van der Waals surface area contributed by atoms with Crippen LogP contribution in [0.15, 0.2) is 0 Å². The van der Waals surface area contributed by atoms with Crippen molar-refractivity contribution in [2.24, 2.45) is 11.7 Å². The van der Waals surface area contributed by atoms with Crippen LogP contribution in [0.5, 0.6) is 0 Å². The van der Waals surface area contributed by atoms with E-state index < -0.39 is 9.84 Å². The lowest BCUT2D eigenvalue weighted by Crippen LogP contribution is -2.56. The van der Waals surface area contributed by atoms with Crippen molar-refractivity contribution in [3.63, 3.8) is 0 Å². The minimum absolute atomic E-state index is 0.195. The number of thioether (sulfide) groups is 1. The van der Waals surface area contributed by atoms with Crippen molar-refractivity contribution < 1.29 is 8.42 Å². The van der Waals surface area contributed by atoms with Crippen LogP contribution in [0.3, 0.4) is 0 Å². The smallest absolute Gasteiger partial charge is 0.164 e. The van der Waals surface area contributed by atoms with Crippen LogP contribution >= 0.6 is 11.8 Å². The van der Waals surface area contributed by atoms with Crippen LogP contribution in [0.1, 0.15) is 26.7 Å². The highest BCUT2D eigenvalue weighted by molar-refractivity contribution is 8.00. The molecule has 0 radical (unpaired) electrons. The zero-order chi connectivity index (χ0) is 13.8. The fourth-order valence-electron chi connectivity index (χ4n) is 2.77. The Morgan fingerprint density at radius 2 is 2.00 bits per heavy atom. The maximum absolute atomic E-state index is 11.9. The molecule has 6 heteroatoms. The van der Waals surface area contributed by atoms with Crippen LogP contribution in [-0.2, 0) is 9.84 Å². The van der Waals surface area contributed by atoms with Gasteiger partial charge in [0.1, 0.15) is 5.37 Å². The maximum Gasteiger partial charge on any atom is 0.164 e. The number of nitrogens with zero attached hydrogens (tertiary/aromatic N) is 1. The molecule has 0 saturated carbocycles. The summed E-state index contributed by atoms with van der Waals surface area (Å²) in [6.07, 6.45) is 3.45. The highest BCUT2D eigenvalue weighted by atomic mass is 32.2. The number of nitrogens with two attached hydrogens (primary N) is 1. The van der Waals surface area contributed by atoms with E-state index in [1.807, 2.05) is 0 Å². The second-order valence-electron chi connectivity index (χ2n) is 4.98. The lowest BCUT2D eigenvalue weighted by Gasteiger charge is -2.42. The molecule has 1 aliphatic rings. The lowest BCUT2D eigenvalue weighted by atomic mass is 9.93. The Morgan fingerprint density at radius 1 is 1.39 bits per heavy atom. The SMILES string of the molecule is CCC(CC)C(CN)N1CCSCC1S(C)(=O)=O. The van der Waals surface area contributed by atoms with E-state index in [1.54, 1.807) is 11.8 Å². The van der Waals surface area contributed by atoms with E-state index >= 15 is 0 Å². The molecule has 1 saturated heterocycles. The number of sulfone groups is 1. The van der Waals surface area contributed by atoms with Gasteiger partial charge >= 0.3 is 0 Å². The zero-order valence-corrected chi connectivity index (χ0v) is 13.3. The van der Waals surface area contributed by atoms with Crippen LogP contribution in [0.4, 0.5) is 0 Å². The molecule has 0 aromatic rings. The fourth-order valence-corrected chi connectivity index (χ4v) is 5.70. The summed E-state index contributed by atoms with van der Waals surface area (Å²) in [7, 11) is -3.03. The molecule has 4 nitrogen and oxygen atoms in total. The Morgan fingerprint density at radius 3 is 2.44 bits per heavy atom. The molecule has 18 heavy (non-hydrogen) atoms. The number of hydrogen-bond donors (Lipinski definition) is 1. The van der Waals surface area contributed by atoms with E-state index in [0.717, 1.165) is 25.1 Å². The predicted molar refractivity (Wildman–Crippen MR) is 79.6 cm³/mol. The first-order chi connectivity index (χ1) is 8.45. The Bertz CT molecular complexity index is 342. The van der Waals surface area contributed by atoms with Gasteiger partial charge in [0.25, 0.3) is 0 Å². The Hall–Kier alpha value is 0.220. The molecule has 2 unspecified atom stereocenters. The van der Waals surface area contributed by atoms with Gasteiger partial charge in [-0.2, -0.15) is 11.8 Å². The third kappa shape index (κ3) is 3.85. The summed E-state index contributed by atoms with van der Waals surface area (Å²) in [4.78, 5) is 2.14. The van der Waals surface area contributed by atoms with Crippen molar-refractivity contribution in [1.82, 2.24) is 4.90 Å². The molecule has 108 valence electrons. The van der Waals surface area contributed by atoms with E-state index in [4.69, 9.17) is 5.73 Å². The molecule has 0 aliphatic carbocycles. The molecule has 2 N–H and O–H groups in total. The van der Waals surface area contributed by atoms with Crippen LogP contribution in [0.2, 0.25) is 0 Å². The van der Waals surface area contributed by atoms with Crippen molar-refractivity contribution >= 4 is 21.6 Å². The first kappa shape index (κ1) is 16.3. The van der Waals surface area contributed by atoms with Gasteiger partial charge < -0.3 is 5.73 Å². The van der Waals surface area contributed by atoms with E-state index in [-0.39, 0.29) is 11.4 Å². The molecule has 0 aromatic heterocycles. The lowest BCUT2D eigenvalue weighted by molar-refractivity contribution is 0.136. The highest BCUT2D eigenvalue weighted by Crippen LogP contribution is 2.27. The van der Waals surface area contributed by atoms with Crippen LogP contribution < -0.4 is 5.73 Å². The standard InChI is InChI=1S/C12H26N2O2S2/c1-4-10(5-2)11(8-13)14-6-7-17-9-12(14)18(3,15)16/h10-12H,4-9,13H2,1-3H3. The van der Waals surface area contributed by atoms with E-state index in [2.05, 4.69) is 18.7 Å². The fraction of sp³-hybridized carbons (Fsp3) is 1.00. The first-order valence-corrected chi connectivity index (χ1v) is 9.79. The molecule has 0 bridgehead atoms. The molecule has 1 aliphatic heterocycles. The van der Waals surface area contributed by atoms with Gasteiger partial charge in [-0.1, -0.05) is 26.7 Å². The van der Waals surface area contributed by atoms with Gasteiger partial charge in [-0.3, -0.25) is 4.90 Å². The van der Waals surface area contributed by atoms with Crippen molar-refractivity contribution in [2.45, 2.75) is 38.1 Å². The molecular weight excluding hydrogens is 268 g/mol. The Labute approximate surface area is 116 Å². The Kier molecular flexibility index (Phi) is 6.44. The second kappa shape index (κ2) is 7.12. The van der Waals surface area contributed by atoms with E-state index in [1.165, 1.54) is 6.26 Å². The largest absolute Gasteiger partial charge is 0.329 e. The minimum Gasteiger partial charge on any atom is -0.329 e. The number of rotatable bonds is 6. The first-order valence-electron chi connectivity index (χ1n) is 6.68. The normalized spacial score (nSPS) is 24.4. The monoisotopic (exact) mass is 294 g/mol. The zero-order valence-electron chi connectivity index (χ0n) is 11.6. The van der Waals surface area contributed by atoms with Gasteiger partial charge in [0.15, 0.2) is 9.84 Å². The average Bonchev–Trinajstić information content (AvgIpc) is 2.34. The van der Waals surface area contributed by atoms with Crippen LogP contribution in [-0.4, -0.2) is 55.6 Å². The van der Waals surface area contributed by atoms with Gasteiger partial charge in [0, 0.05) is 36.9 Å². The van der Waals surface area contributed by atoms with Gasteiger partial charge in [0.05, 0.1) is 0 Å². The van der Waals surface area contributed by atoms with Crippen molar-refractivity contribution in [1.29, 1.82) is 0 Å². The van der Waals surface area contributed by atoms with Crippen molar-refractivity contribution in [3.05, 3.63) is 0 Å². The van der Waals surface area contributed by atoms with Crippen molar-refractivity contribution in [2.75, 3.05) is 30.9 Å². The summed E-state index contributed by atoms with van der Waals surface area (Å²) in [5, 5.41) is -0.356. The maximum atomic E-state index is 11.9. The van der Waals surface area contributed by atoms with Crippen LogP contribution in [0, 0.1) is 5.92 Å². The van der Waals surface area contributed by atoms with E-state index in [9.17, 15) is 8.42 Å². The summed E-state index contributed by atoms with van der Waals surface area (Å²) in [6, 6.07) is 0.195. The van der Waals surface area contributed by atoms with Gasteiger partial charge in [-0.25, -0.2) is 8.42 Å². The molecule has 0 aromatic carbocycles. The van der Waals surface area contributed by atoms with Gasteiger partial charge in [-0.05, 0) is 5.92 Å². The van der Waals surface area contributed by atoms with Gasteiger partial charge in [-0.15, -0.1) is 0 Å². The molecular formula is C12H26N2O2S2.